The van der Waals surface area contributed by atoms with Gasteiger partial charge in [-0.3, -0.25) is 9.69 Å². The minimum absolute atomic E-state index is 0.0609. The molecular weight excluding hydrogens is 246 g/mol. The van der Waals surface area contributed by atoms with E-state index in [-0.39, 0.29) is 5.91 Å². The van der Waals surface area contributed by atoms with E-state index < -0.39 is 0 Å². The summed E-state index contributed by atoms with van der Waals surface area (Å²) in [5.41, 5.74) is 0.736. The predicted octanol–water partition coefficient (Wildman–Crippen LogP) is 0.777. The molecule has 0 atom stereocenters. The number of ether oxygens (including phenoxy) is 1. The number of rotatable bonds is 4. The zero-order chi connectivity index (χ0) is 13.7. The van der Waals surface area contributed by atoms with Gasteiger partial charge in [-0.2, -0.15) is 0 Å². The van der Waals surface area contributed by atoms with Crippen molar-refractivity contribution in [2.75, 3.05) is 46.4 Å². The fourth-order valence-electron chi connectivity index (χ4n) is 2.24. The summed E-state index contributed by atoms with van der Waals surface area (Å²) in [7, 11) is 1.71. The molecule has 1 aromatic heterocycles. The molecule has 19 heavy (non-hydrogen) atoms. The van der Waals surface area contributed by atoms with Crippen LogP contribution in [0.1, 0.15) is 22.7 Å². The van der Waals surface area contributed by atoms with Crippen LogP contribution in [0, 0.1) is 6.92 Å². The second-order valence-corrected chi connectivity index (χ2v) is 4.81. The number of hydrogen-bond acceptors (Lipinski definition) is 5. The van der Waals surface area contributed by atoms with E-state index in [4.69, 9.17) is 9.26 Å². The Morgan fingerprint density at radius 2 is 2.26 bits per heavy atom. The Morgan fingerprint density at radius 1 is 1.42 bits per heavy atom. The van der Waals surface area contributed by atoms with Crippen molar-refractivity contribution in [3.05, 3.63) is 17.5 Å². The number of methoxy groups -OCH3 is 1. The lowest BCUT2D eigenvalue weighted by Crippen LogP contribution is -2.35. The van der Waals surface area contributed by atoms with Gasteiger partial charge in [0.2, 0.25) is 5.76 Å². The lowest BCUT2D eigenvalue weighted by Gasteiger charge is -2.20. The third kappa shape index (κ3) is 3.78. The van der Waals surface area contributed by atoms with Crippen LogP contribution in [-0.2, 0) is 4.74 Å². The normalized spacial score (nSPS) is 17.5. The van der Waals surface area contributed by atoms with Crippen molar-refractivity contribution in [3.63, 3.8) is 0 Å². The molecule has 6 nitrogen and oxygen atoms in total. The molecule has 0 spiro atoms. The summed E-state index contributed by atoms with van der Waals surface area (Å²) in [6, 6.07) is 1.69. The molecule has 1 aliphatic heterocycles. The average molecular weight is 267 g/mol. The first-order chi connectivity index (χ1) is 9.20. The zero-order valence-corrected chi connectivity index (χ0v) is 11.6. The van der Waals surface area contributed by atoms with Gasteiger partial charge in [0, 0.05) is 39.4 Å². The Morgan fingerprint density at radius 3 is 2.95 bits per heavy atom. The Kier molecular flexibility index (Phi) is 4.93. The summed E-state index contributed by atoms with van der Waals surface area (Å²) in [4.78, 5) is 16.4. The first-order valence-electron chi connectivity index (χ1n) is 6.64. The molecule has 1 aliphatic rings. The minimum atomic E-state index is -0.0609. The minimum Gasteiger partial charge on any atom is -0.383 e. The first kappa shape index (κ1) is 14.0. The first-order valence-corrected chi connectivity index (χ1v) is 6.64. The summed E-state index contributed by atoms with van der Waals surface area (Å²) >= 11 is 0. The topological polar surface area (TPSA) is 58.8 Å². The third-order valence-corrected chi connectivity index (χ3v) is 3.33. The summed E-state index contributed by atoms with van der Waals surface area (Å²) < 4.78 is 10.1. The van der Waals surface area contributed by atoms with Gasteiger partial charge in [-0.15, -0.1) is 0 Å². The monoisotopic (exact) mass is 267 g/mol. The van der Waals surface area contributed by atoms with Crippen LogP contribution < -0.4 is 0 Å². The molecule has 1 fully saturated rings. The molecule has 2 heterocycles. The highest BCUT2D eigenvalue weighted by atomic mass is 16.5. The van der Waals surface area contributed by atoms with Gasteiger partial charge < -0.3 is 14.2 Å². The Hall–Kier alpha value is -1.40. The number of aromatic nitrogens is 1. The van der Waals surface area contributed by atoms with Gasteiger partial charge in [0.05, 0.1) is 12.3 Å². The smallest absolute Gasteiger partial charge is 0.292 e. The van der Waals surface area contributed by atoms with Crippen molar-refractivity contribution >= 4 is 5.91 Å². The number of carbonyl (C=O) groups is 1. The van der Waals surface area contributed by atoms with E-state index in [0.717, 1.165) is 51.4 Å². The SMILES string of the molecule is COCCN1CCCN(C(=O)c2cc(C)no2)CC1. The van der Waals surface area contributed by atoms with Crippen LogP contribution >= 0.6 is 0 Å². The zero-order valence-electron chi connectivity index (χ0n) is 11.6. The Labute approximate surface area is 113 Å². The van der Waals surface area contributed by atoms with Crippen LogP contribution in [0.4, 0.5) is 0 Å². The van der Waals surface area contributed by atoms with Crippen molar-refractivity contribution in [2.24, 2.45) is 0 Å². The highest BCUT2D eigenvalue weighted by molar-refractivity contribution is 5.91. The molecule has 0 aromatic carbocycles. The molecule has 0 saturated carbocycles. The van der Waals surface area contributed by atoms with E-state index in [1.807, 2.05) is 11.8 Å². The van der Waals surface area contributed by atoms with Gasteiger partial charge >= 0.3 is 0 Å². The molecule has 1 amide bonds. The van der Waals surface area contributed by atoms with Crippen LogP contribution in [-0.4, -0.2) is 67.3 Å². The molecule has 0 radical (unpaired) electrons. The lowest BCUT2D eigenvalue weighted by molar-refractivity contribution is 0.0717. The van der Waals surface area contributed by atoms with E-state index in [1.54, 1.807) is 13.2 Å². The maximum Gasteiger partial charge on any atom is 0.292 e. The molecule has 2 rings (SSSR count). The summed E-state index contributed by atoms with van der Waals surface area (Å²) in [6.45, 7) is 6.83. The molecule has 0 N–H and O–H groups in total. The largest absolute Gasteiger partial charge is 0.383 e. The highest BCUT2D eigenvalue weighted by Crippen LogP contribution is 2.10. The van der Waals surface area contributed by atoms with Crippen LogP contribution in [0.5, 0.6) is 0 Å². The second kappa shape index (κ2) is 6.68. The number of hydrogen-bond donors (Lipinski definition) is 0. The van der Waals surface area contributed by atoms with E-state index in [0.29, 0.717) is 5.76 Å². The average Bonchev–Trinajstić information content (AvgIpc) is 2.71. The lowest BCUT2D eigenvalue weighted by atomic mass is 10.3. The van der Waals surface area contributed by atoms with Gasteiger partial charge in [-0.25, -0.2) is 0 Å². The van der Waals surface area contributed by atoms with Crippen LogP contribution in [0.15, 0.2) is 10.6 Å². The summed E-state index contributed by atoms with van der Waals surface area (Å²) in [5.74, 6) is 0.275. The molecule has 106 valence electrons. The second-order valence-electron chi connectivity index (χ2n) is 4.81. The van der Waals surface area contributed by atoms with Crippen LogP contribution in [0.2, 0.25) is 0 Å². The Bertz CT molecular complexity index is 419. The van der Waals surface area contributed by atoms with Crippen LogP contribution in [0.25, 0.3) is 0 Å². The van der Waals surface area contributed by atoms with Crippen molar-refractivity contribution in [1.82, 2.24) is 15.0 Å². The van der Waals surface area contributed by atoms with E-state index >= 15 is 0 Å². The number of nitrogens with zero attached hydrogens (tertiary/aromatic N) is 3. The van der Waals surface area contributed by atoms with Gasteiger partial charge in [0.15, 0.2) is 0 Å². The fourth-order valence-corrected chi connectivity index (χ4v) is 2.24. The maximum atomic E-state index is 12.2. The number of carbonyl (C=O) groups excluding carboxylic acids is 1. The number of aryl methyl sites for hydroxylation is 1. The van der Waals surface area contributed by atoms with Gasteiger partial charge in [0.25, 0.3) is 5.91 Å². The standard InChI is InChI=1S/C13H21N3O3/c1-11-10-12(19-14-11)13(17)16-5-3-4-15(6-7-16)8-9-18-2/h10H,3-9H2,1-2H3. The molecule has 0 bridgehead atoms. The van der Waals surface area contributed by atoms with E-state index in [1.165, 1.54) is 0 Å². The van der Waals surface area contributed by atoms with Gasteiger partial charge in [-0.05, 0) is 19.9 Å². The van der Waals surface area contributed by atoms with Crippen LogP contribution in [0.3, 0.4) is 0 Å². The molecule has 0 aliphatic carbocycles. The van der Waals surface area contributed by atoms with Crippen molar-refractivity contribution in [1.29, 1.82) is 0 Å². The molecule has 1 aromatic rings. The summed E-state index contributed by atoms with van der Waals surface area (Å²) in [5, 5.41) is 3.76. The van der Waals surface area contributed by atoms with Gasteiger partial charge in [-0.1, -0.05) is 5.16 Å². The third-order valence-electron chi connectivity index (χ3n) is 3.33. The number of amides is 1. The Balaban J connectivity index is 1.90. The maximum absolute atomic E-state index is 12.2. The molecule has 6 heteroatoms. The highest BCUT2D eigenvalue weighted by Gasteiger charge is 2.22. The summed E-state index contributed by atoms with van der Waals surface area (Å²) in [6.07, 6.45) is 0.975. The predicted molar refractivity (Wildman–Crippen MR) is 70.1 cm³/mol. The fraction of sp³-hybridized carbons (Fsp3) is 0.692. The van der Waals surface area contributed by atoms with Gasteiger partial charge in [0.1, 0.15) is 0 Å². The molecular formula is C13H21N3O3. The molecule has 0 unspecified atom stereocenters. The molecule has 1 saturated heterocycles. The van der Waals surface area contributed by atoms with Crippen molar-refractivity contribution in [2.45, 2.75) is 13.3 Å². The van der Waals surface area contributed by atoms with Crippen molar-refractivity contribution < 1.29 is 14.1 Å². The van der Waals surface area contributed by atoms with E-state index in [9.17, 15) is 4.79 Å². The van der Waals surface area contributed by atoms with Crippen molar-refractivity contribution in [3.8, 4) is 0 Å². The quantitative estimate of drug-likeness (QED) is 0.806. The van der Waals surface area contributed by atoms with E-state index in [2.05, 4.69) is 10.1 Å².